The van der Waals surface area contributed by atoms with Crippen molar-refractivity contribution in [2.75, 3.05) is 0 Å². The third-order valence-electron chi connectivity index (χ3n) is 1.87. The molecule has 1 N–H and O–H groups in total. The van der Waals surface area contributed by atoms with Crippen molar-refractivity contribution in [3.8, 4) is 6.07 Å². The minimum atomic E-state index is -1.10. The zero-order valence-corrected chi connectivity index (χ0v) is 7.44. The number of carboxylic acids is 1. The molecule has 0 aliphatic carbocycles. The smallest absolute Gasteiger partial charge is 0.335 e. The molecule has 0 saturated heterocycles. The van der Waals surface area contributed by atoms with Crippen LogP contribution in [0.25, 0.3) is 0 Å². The van der Waals surface area contributed by atoms with Crippen LogP contribution < -0.4 is 0 Å². The molecule has 0 heterocycles. The maximum Gasteiger partial charge on any atom is 0.335 e. The van der Waals surface area contributed by atoms with Crippen LogP contribution >= 0.6 is 0 Å². The molecule has 1 aromatic rings. The molecule has 0 aliphatic rings. The zero-order valence-electron chi connectivity index (χ0n) is 7.44. The number of aldehydes is 1. The number of carboxylic acid groups (broad SMARTS) is 1. The Kier molecular flexibility index (Phi) is 2.63. The van der Waals surface area contributed by atoms with Crippen molar-refractivity contribution in [2.45, 2.75) is 6.92 Å². The van der Waals surface area contributed by atoms with Crippen LogP contribution in [0, 0.1) is 18.3 Å². The average molecular weight is 189 g/mol. The Morgan fingerprint density at radius 1 is 1.57 bits per heavy atom. The lowest BCUT2D eigenvalue weighted by Crippen LogP contribution is -2.02. The van der Waals surface area contributed by atoms with Crippen molar-refractivity contribution in [3.63, 3.8) is 0 Å². The quantitative estimate of drug-likeness (QED) is 0.713. The predicted molar refractivity (Wildman–Crippen MR) is 48.2 cm³/mol. The largest absolute Gasteiger partial charge is 0.478 e. The Morgan fingerprint density at radius 2 is 2.21 bits per heavy atom. The van der Waals surface area contributed by atoms with E-state index in [0.29, 0.717) is 11.8 Å². The van der Waals surface area contributed by atoms with E-state index in [1.807, 2.05) is 6.07 Å². The van der Waals surface area contributed by atoms with Gasteiger partial charge in [0.25, 0.3) is 0 Å². The molecule has 0 bridgehead atoms. The van der Waals surface area contributed by atoms with E-state index in [1.54, 1.807) is 6.92 Å². The minimum Gasteiger partial charge on any atom is -0.478 e. The van der Waals surface area contributed by atoms with Crippen LogP contribution in [0.15, 0.2) is 12.1 Å². The van der Waals surface area contributed by atoms with Gasteiger partial charge in [-0.25, -0.2) is 4.79 Å². The first kappa shape index (κ1) is 9.93. The molecule has 14 heavy (non-hydrogen) atoms. The fourth-order valence-electron chi connectivity index (χ4n) is 1.15. The highest BCUT2D eigenvalue weighted by Gasteiger charge is 2.11. The first-order valence-corrected chi connectivity index (χ1v) is 3.83. The van der Waals surface area contributed by atoms with Gasteiger partial charge in [0.05, 0.1) is 17.2 Å². The summed E-state index contributed by atoms with van der Waals surface area (Å²) in [6.45, 7) is 1.58. The Hall–Kier alpha value is -2.15. The Labute approximate surface area is 80.4 Å². The molecule has 0 amide bonds. The van der Waals surface area contributed by atoms with E-state index in [-0.39, 0.29) is 16.7 Å². The second kappa shape index (κ2) is 3.71. The highest BCUT2D eigenvalue weighted by Crippen LogP contribution is 2.14. The summed E-state index contributed by atoms with van der Waals surface area (Å²) >= 11 is 0. The molecule has 1 aromatic carbocycles. The van der Waals surface area contributed by atoms with Gasteiger partial charge in [0.2, 0.25) is 0 Å². The number of nitrogens with zero attached hydrogens (tertiary/aromatic N) is 1. The molecule has 0 radical (unpaired) electrons. The number of hydrogen-bond donors (Lipinski definition) is 1. The lowest BCUT2D eigenvalue weighted by Gasteiger charge is -2.02. The number of carbonyl (C=O) groups excluding carboxylic acids is 1. The lowest BCUT2D eigenvalue weighted by atomic mass is 10.0. The Morgan fingerprint density at radius 3 is 2.64 bits per heavy atom. The second-order valence-corrected chi connectivity index (χ2v) is 2.79. The van der Waals surface area contributed by atoms with E-state index in [9.17, 15) is 9.59 Å². The number of benzene rings is 1. The van der Waals surface area contributed by atoms with Gasteiger partial charge < -0.3 is 5.11 Å². The van der Waals surface area contributed by atoms with Crippen molar-refractivity contribution < 1.29 is 14.7 Å². The molecule has 0 aromatic heterocycles. The fourth-order valence-corrected chi connectivity index (χ4v) is 1.15. The molecule has 4 nitrogen and oxygen atoms in total. The van der Waals surface area contributed by atoms with Gasteiger partial charge in [0.15, 0.2) is 6.29 Å². The summed E-state index contributed by atoms with van der Waals surface area (Å²) in [5.41, 5.74) is 0.823. The Bertz CT molecular complexity index is 443. The SMILES string of the molecule is Cc1cc(C#N)c(C=O)cc1C(=O)O. The molecule has 0 aliphatic heterocycles. The summed E-state index contributed by atoms with van der Waals surface area (Å²) < 4.78 is 0. The topological polar surface area (TPSA) is 78.2 Å². The van der Waals surface area contributed by atoms with Gasteiger partial charge in [0, 0.05) is 5.56 Å². The van der Waals surface area contributed by atoms with Crippen molar-refractivity contribution in [1.82, 2.24) is 0 Å². The zero-order chi connectivity index (χ0) is 10.7. The highest BCUT2D eigenvalue weighted by molar-refractivity contribution is 5.92. The molecule has 0 unspecified atom stereocenters. The summed E-state index contributed by atoms with van der Waals surface area (Å²) in [5.74, 6) is -1.10. The number of rotatable bonds is 2. The lowest BCUT2D eigenvalue weighted by molar-refractivity contribution is 0.0696. The van der Waals surface area contributed by atoms with Gasteiger partial charge in [-0.05, 0) is 24.6 Å². The second-order valence-electron chi connectivity index (χ2n) is 2.79. The monoisotopic (exact) mass is 189 g/mol. The fraction of sp³-hybridized carbons (Fsp3) is 0.100. The average Bonchev–Trinajstić information content (AvgIpc) is 2.16. The molecule has 4 heteroatoms. The van der Waals surface area contributed by atoms with Crippen LogP contribution in [0.1, 0.15) is 31.8 Å². The molecule has 0 saturated carbocycles. The van der Waals surface area contributed by atoms with Gasteiger partial charge in [-0.15, -0.1) is 0 Å². The third-order valence-corrected chi connectivity index (χ3v) is 1.87. The van der Waals surface area contributed by atoms with Gasteiger partial charge >= 0.3 is 5.97 Å². The number of aryl methyl sites for hydroxylation is 1. The third kappa shape index (κ3) is 1.62. The van der Waals surface area contributed by atoms with Crippen molar-refractivity contribution in [3.05, 3.63) is 34.4 Å². The molecule has 0 spiro atoms. The van der Waals surface area contributed by atoms with Crippen LogP contribution in [0.3, 0.4) is 0 Å². The first-order valence-electron chi connectivity index (χ1n) is 3.83. The summed E-state index contributed by atoms with van der Waals surface area (Å²) in [4.78, 5) is 21.2. The van der Waals surface area contributed by atoms with E-state index in [0.717, 1.165) is 0 Å². The van der Waals surface area contributed by atoms with Gasteiger partial charge in [-0.1, -0.05) is 0 Å². The van der Waals surface area contributed by atoms with Crippen molar-refractivity contribution in [2.24, 2.45) is 0 Å². The number of nitriles is 1. The first-order chi connectivity index (χ1) is 6.60. The number of carbonyl (C=O) groups is 2. The summed E-state index contributed by atoms with van der Waals surface area (Å²) in [6, 6.07) is 4.44. The molecule has 0 atom stereocenters. The van der Waals surface area contributed by atoms with E-state index in [2.05, 4.69) is 0 Å². The number of aromatic carboxylic acids is 1. The van der Waals surface area contributed by atoms with Gasteiger partial charge in [0.1, 0.15) is 0 Å². The van der Waals surface area contributed by atoms with Crippen LogP contribution in [0.5, 0.6) is 0 Å². The van der Waals surface area contributed by atoms with E-state index in [1.165, 1.54) is 12.1 Å². The van der Waals surface area contributed by atoms with Gasteiger partial charge in [-0.2, -0.15) is 5.26 Å². The maximum atomic E-state index is 10.7. The van der Waals surface area contributed by atoms with Crippen LogP contribution in [0.4, 0.5) is 0 Å². The minimum absolute atomic E-state index is 0.0473. The van der Waals surface area contributed by atoms with E-state index >= 15 is 0 Å². The standard InChI is InChI=1S/C10H7NO3/c1-6-2-7(4-11)8(5-12)3-9(6)10(13)14/h2-3,5H,1H3,(H,13,14). The molecular formula is C10H7NO3. The predicted octanol–water partition coefficient (Wildman–Crippen LogP) is 1.38. The van der Waals surface area contributed by atoms with Crippen LogP contribution in [0.2, 0.25) is 0 Å². The summed E-state index contributed by atoms with van der Waals surface area (Å²) in [7, 11) is 0. The van der Waals surface area contributed by atoms with Gasteiger partial charge in [-0.3, -0.25) is 4.79 Å². The number of hydrogen-bond acceptors (Lipinski definition) is 3. The van der Waals surface area contributed by atoms with E-state index < -0.39 is 5.97 Å². The normalized spacial score (nSPS) is 9.14. The Balaban J connectivity index is 3.47. The molecule has 0 fully saturated rings. The van der Waals surface area contributed by atoms with Crippen LogP contribution in [-0.2, 0) is 0 Å². The van der Waals surface area contributed by atoms with Crippen LogP contribution in [-0.4, -0.2) is 17.4 Å². The van der Waals surface area contributed by atoms with Crippen molar-refractivity contribution >= 4 is 12.3 Å². The van der Waals surface area contributed by atoms with E-state index in [4.69, 9.17) is 10.4 Å². The maximum absolute atomic E-state index is 10.7. The summed E-state index contributed by atoms with van der Waals surface area (Å²) in [5, 5.41) is 17.4. The van der Waals surface area contributed by atoms with Crippen molar-refractivity contribution in [1.29, 1.82) is 5.26 Å². The molecule has 70 valence electrons. The summed E-state index contributed by atoms with van der Waals surface area (Å²) in [6.07, 6.45) is 0.477. The highest BCUT2D eigenvalue weighted by atomic mass is 16.4. The molecular weight excluding hydrogens is 182 g/mol. The molecule has 1 rings (SSSR count).